The zero-order valence-corrected chi connectivity index (χ0v) is 19.0. The highest BCUT2D eigenvalue weighted by Gasteiger charge is 2.11. The summed E-state index contributed by atoms with van der Waals surface area (Å²) in [5.74, 6) is 0.601. The number of hydrogen-bond acceptors (Lipinski definition) is 2. The minimum atomic E-state index is 0.484. The van der Waals surface area contributed by atoms with Crippen molar-refractivity contribution in [2.45, 2.75) is 62.3 Å². The van der Waals surface area contributed by atoms with Crippen LogP contribution in [0.1, 0.15) is 58.2 Å². The molecule has 0 heterocycles. The lowest BCUT2D eigenvalue weighted by Gasteiger charge is -2.13. The van der Waals surface area contributed by atoms with Crippen LogP contribution in [0.15, 0.2) is 48.5 Å². The Morgan fingerprint density at radius 3 is 1.82 bits per heavy atom. The minimum absolute atomic E-state index is 0.484. The summed E-state index contributed by atoms with van der Waals surface area (Å²) in [4.78, 5) is 10.8. The maximum absolute atomic E-state index is 10.8. The van der Waals surface area contributed by atoms with Crippen LogP contribution in [0.4, 0.5) is 0 Å². The second-order valence-corrected chi connectivity index (χ2v) is 5.73. The zero-order chi connectivity index (χ0) is 21.7. The summed E-state index contributed by atoms with van der Waals surface area (Å²) in [6.45, 7) is 18.6. The van der Waals surface area contributed by atoms with Gasteiger partial charge in [-0.05, 0) is 60.4 Å². The fourth-order valence-corrected chi connectivity index (χ4v) is 2.82. The summed E-state index contributed by atoms with van der Waals surface area (Å²) in [6.07, 6.45) is 0. The van der Waals surface area contributed by atoms with Gasteiger partial charge in [0, 0.05) is 5.56 Å². The number of rotatable bonds is 3. The first-order valence-corrected chi connectivity index (χ1v) is 10.3. The Morgan fingerprint density at radius 1 is 0.643 bits per heavy atom. The van der Waals surface area contributed by atoms with Gasteiger partial charge in [0.15, 0.2) is 0 Å². The molecule has 3 rings (SSSR count). The fourth-order valence-electron chi connectivity index (χ4n) is 2.82. The summed E-state index contributed by atoms with van der Waals surface area (Å²) >= 11 is 0. The maximum Gasteiger partial charge on any atom is 0.298 e. The molecule has 2 nitrogen and oxygen atoms in total. The van der Waals surface area contributed by atoms with E-state index in [-0.39, 0.29) is 0 Å². The number of carbonyl (C=O) groups excluding carboxylic acids is 1. The first-order valence-electron chi connectivity index (χ1n) is 10.3. The predicted octanol–water partition coefficient (Wildman–Crippen LogP) is 8.05. The highest BCUT2D eigenvalue weighted by atomic mass is 16.5. The van der Waals surface area contributed by atoms with Crippen molar-refractivity contribution in [3.8, 4) is 16.9 Å². The van der Waals surface area contributed by atoms with Crippen LogP contribution in [-0.4, -0.2) is 6.47 Å². The largest absolute Gasteiger partial charge is 0.428 e. The molecule has 0 bridgehead atoms. The number of ether oxygens (including phenoxy) is 1. The predicted molar refractivity (Wildman–Crippen MR) is 124 cm³/mol. The van der Waals surface area contributed by atoms with Gasteiger partial charge in [-0.1, -0.05) is 83.5 Å². The van der Waals surface area contributed by atoms with Crippen LogP contribution in [0.25, 0.3) is 21.9 Å². The van der Waals surface area contributed by atoms with Crippen LogP contribution in [-0.2, 0) is 4.79 Å². The Hall–Kier alpha value is -2.61. The van der Waals surface area contributed by atoms with Crippen molar-refractivity contribution in [1.82, 2.24) is 0 Å². The molecule has 28 heavy (non-hydrogen) atoms. The van der Waals surface area contributed by atoms with Crippen molar-refractivity contribution in [2.75, 3.05) is 0 Å². The summed E-state index contributed by atoms with van der Waals surface area (Å²) in [5.41, 5.74) is 5.51. The number of carbonyl (C=O) groups is 1. The van der Waals surface area contributed by atoms with Gasteiger partial charge in [0.05, 0.1) is 0 Å². The molecule has 0 aliphatic rings. The molecule has 0 N–H and O–H groups in total. The molecule has 2 heteroatoms. The summed E-state index contributed by atoms with van der Waals surface area (Å²) in [7, 11) is 0. The SMILES string of the molecule is CC.CC.CC.Cc1ccc(-c2cc3ccc(C)cc3cc2C)c(OC=O)c1. The van der Waals surface area contributed by atoms with Crippen LogP contribution in [0, 0.1) is 20.8 Å². The molecule has 0 amide bonds. The first-order chi connectivity index (χ1) is 13.6. The zero-order valence-electron chi connectivity index (χ0n) is 19.0. The van der Waals surface area contributed by atoms with Gasteiger partial charge in [-0.25, -0.2) is 0 Å². The van der Waals surface area contributed by atoms with Crippen LogP contribution in [0.2, 0.25) is 0 Å². The topological polar surface area (TPSA) is 26.3 Å². The highest BCUT2D eigenvalue weighted by Crippen LogP contribution is 2.35. The van der Waals surface area contributed by atoms with E-state index in [2.05, 4.69) is 44.2 Å². The van der Waals surface area contributed by atoms with Gasteiger partial charge in [0.1, 0.15) is 5.75 Å². The number of hydrogen-bond donors (Lipinski definition) is 0. The van der Waals surface area contributed by atoms with Crippen LogP contribution in [0.3, 0.4) is 0 Å². The van der Waals surface area contributed by atoms with Gasteiger partial charge in [-0.3, -0.25) is 4.79 Å². The van der Waals surface area contributed by atoms with Gasteiger partial charge >= 0.3 is 0 Å². The average Bonchev–Trinajstić information content (AvgIpc) is 2.73. The quantitative estimate of drug-likeness (QED) is 0.430. The molecule has 0 spiro atoms. The molecule has 0 radical (unpaired) electrons. The van der Waals surface area contributed by atoms with Gasteiger partial charge in [-0.15, -0.1) is 0 Å². The standard InChI is InChI=1S/C20H18O2.3C2H6/c1-13-4-6-16-11-19(15(3)10-17(16)8-13)18-7-5-14(2)9-20(18)22-12-21;3*1-2/h4-12H,1-3H3;3*1-2H3. The molecule has 0 atom stereocenters. The summed E-state index contributed by atoms with van der Waals surface area (Å²) in [6, 6.07) is 16.7. The summed E-state index contributed by atoms with van der Waals surface area (Å²) < 4.78 is 5.18. The lowest BCUT2D eigenvalue weighted by atomic mass is 9.94. The number of benzene rings is 3. The van der Waals surface area contributed by atoms with Crippen LogP contribution >= 0.6 is 0 Å². The van der Waals surface area contributed by atoms with Crippen molar-refractivity contribution < 1.29 is 9.53 Å². The molecule has 0 aliphatic carbocycles. The minimum Gasteiger partial charge on any atom is -0.428 e. The smallest absolute Gasteiger partial charge is 0.298 e. The number of aryl methyl sites for hydroxylation is 3. The van der Waals surface area contributed by atoms with Crippen molar-refractivity contribution in [3.05, 3.63) is 65.2 Å². The highest BCUT2D eigenvalue weighted by molar-refractivity contribution is 5.90. The van der Waals surface area contributed by atoms with Gasteiger partial charge in [0.25, 0.3) is 6.47 Å². The van der Waals surface area contributed by atoms with E-state index in [1.165, 1.54) is 16.3 Å². The third-order valence-corrected chi connectivity index (χ3v) is 3.94. The van der Waals surface area contributed by atoms with Crippen LogP contribution < -0.4 is 4.74 Å². The van der Waals surface area contributed by atoms with Crippen LogP contribution in [0.5, 0.6) is 5.75 Å². The lowest BCUT2D eigenvalue weighted by molar-refractivity contribution is -0.120. The normalized spacial score (nSPS) is 9.04. The van der Waals surface area contributed by atoms with E-state index in [1.807, 2.05) is 66.7 Å². The number of fused-ring (bicyclic) bond motifs is 1. The van der Waals surface area contributed by atoms with Gasteiger partial charge in [0.2, 0.25) is 0 Å². The van der Waals surface area contributed by atoms with Crippen molar-refractivity contribution in [2.24, 2.45) is 0 Å². The van der Waals surface area contributed by atoms with E-state index in [0.29, 0.717) is 12.2 Å². The molecule has 0 aromatic heterocycles. The van der Waals surface area contributed by atoms with Crippen molar-refractivity contribution >= 4 is 17.2 Å². The Bertz CT molecular complexity index is 864. The Kier molecular flexibility index (Phi) is 12.3. The molecular weight excluding hydrogens is 344 g/mol. The van der Waals surface area contributed by atoms with Gasteiger partial charge < -0.3 is 4.74 Å². The molecule has 0 unspecified atom stereocenters. The molecule has 0 saturated carbocycles. The van der Waals surface area contributed by atoms with E-state index in [9.17, 15) is 4.79 Å². The molecule has 0 aliphatic heterocycles. The van der Waals surface area contributed by atoms with E-state index in [4.69, 9.17) is 4.74 Å². The molecule has 3 aromatic rings. The monoisotopic (exact) mass is 380 g/mol. The Morgan fingerprint density at radius 2 is 1.21 bits per heavy atom. The molecule has 0 fully saturated rings. The lowest BCUT2D eigenvalue weighted by Crippen LogP contribution is -1.94. The maximum atomic E-state index is 10.8. The molecule has 0 saturated heterocycles. The average molecular weight is 381 g/mol. The van der Waals surface area contributed by atoms with Crippen molar-refractivity contribution in [3.63, 3.8) is 0 Å². The van der Waals surface area contributed by atoms with Crippen molar-refractivity contribution in [1.29, 1.82) is 0 Å². The van der Waals surface area contributed by atoms with E-state index < -0.39 is 0 Å². The Balaban J connectivity index is 0.00000111. The molecule has 3 aromatic carbocycles. The fraction of sp³-hybridized carbons (Fsp3) is 0.346. The van der Waals surface area contributed by atoms with Gasteiger partial charge in [-0.2, -0.15) is 0 Å². The van der Waals surface area contributed by atoms with E-state index in [1.54, 1.807) is 0 Å². The third-order valence-electron chi connectivity index (χ3n) is 3.94. The second-order valence-electron chi connectivity index (χ2n) is 5.73. The molecule has 152 valence electrons. The first kappa shape index (κ1) is 25.4. The summed E-state index contributed by atoms with van der Waals surface area (Å²) in [5, 5.41) is 2.41. The van der Waals surface area contributed by atoms with E-state index >= 15 is 0 Å². The third kappa shape index (κ3) is 6.53. The Labute approximate surface area is 171 Å². The van der Waals surface area contributed by atoms with E-state index in [0.717, 1.165) is 22.3 Å². The second kappa shape index (κ2) is 13.5. The molecular formula is C26H36O2.